The van der Waals surface area contributed by atoms with Crippen LogP contribution < -0.4 is 10.6 Å². The van der Waals surface area contributed by atoms with Crippen molar-refractivity contribution in [1.82, 2.24) is 14.8 Å². The molecule has 1 aromatic rings. The molecule has 1 aromatic heterocycles. The predicted molar refractivity (Wildman–Crippen MR) is 92.6 cm³/mol. The SMILES string of the molecule is CCN1CCC(CN=C(N)N2CCN(c3nccs3)CC2)C1. The van der Waals surface area contributed by atoms with Crippen LogP contribution in [0.2, 0.25) is 0 Å². The van der Waals surface area contributed by atoms with Crippen molar-refractivity contribution in [3.05, 3.63) is 11.6 Å². The quantitative estimate of drug-likeness (QED) is 0.660. The molecule has 0 spiro atoms. The Kier molecular flexibility index (Phi) is 5.15. The second-order valence-electron chi connectivity index (χ2n) is 6.04. The van der Waals surface area contributed by atoms with E-state index in [1.54, 1.807) is 11.3 Å². The summed E-state index contributed by atoms with van der Waals surface area (Å²) < 4.78 is 0. The minimum atomic E-state index is 0.676. The first-order valence-electron chi connectivity index (χ1n) is 8.18. The molecule has 0 amide bonds. The van der Waals surface area contributed by atoms with Crippen molar-refractivity contribution in [1.29, 1.82) is 0 Å². The highest BCUT2D eigenvalue weighted by molar-refractivity contribution is 7.13. The molecule has 2 aliphatic rings. The largest absolute Gasteiger partial charge is 0.370 e. The van der Waals surface area contributed by atoms with Crippen LogP contribution in [0.4, 0.5) is 5.13 Å². The fraction of sp³-hybridized carbons (Fsp3) is 0.733. The smallest absolute Gasteiger partial charge is 0.191 e. The number of aromatic nitrogens is 1. The Balaban J connectivity index is 1.45. The van der Waals surface area contributed by atoms with Gasteiger partial charge in [0.25, 0.3) is 0 Å². The zero-order chi connectivity index (χ0) is 15.4. The van der Waals surface area contributed by atoms with E-state index in [0.29, 0.717) is 11.9 Å². The lowest BCUT2D eigenvalue weighted by molar-refractivity contribution is 0.342. The van der Waals surface area contributed by atoms with Gasteiger partial charge in [-0.15, -0.1) is 11.3 Å². The van der Waals surface area contributed by atoms with Crippen LogP contribution in [0.1, 0.15) is 13.3 Å². The van der Waals surface area contributed by atoms with Gasteiger partial charge in [-0.3, -0.25) is 4.99 Å². The summed E-state index contributed by atoms with van der Waals surface area (Å²) in [6, 6.07) is 0. The molecule has 0 bridgehead atoms. The van der Waals surface area contributed by atoms with E-state index >= 15 is 0 Å². The van der Waals surface area contributed by atoms with E-state index in [9.17, 15) is 0 Å². The van der Waals surface area contributed by atoms with Crippen LogP contribution in [-0.2, 0) is 0 Å². The number of anilines is 1. The van der Waals surface area contributed by atoms with E-state index in [0.717, 1.165) is 44.4 Å². The van der Waals surface area contributed by atoms with Crippen molar-refractivity contribution >= 4 is 22.4 Å². The average molecular weight is 322 g/mol. The number of piperazine rings is 1. The van der Waals surface area contributed by atoms with Crippen molar-refractivity contribution in [2.24, 2.45) is 16.6 Å². The molecular weight excluding hydrogens is 296 g/mol. The van der Waals surface area contributed by atoms with Crippen LogP contribution in [0.3, 0.4) is 0 Å². The third-order valence-electron chi connectivity index (χ3n) is 4.62. The maximum atomic E-state index is 6.19. The molecule has 6 nitrogen and oxygen atoms in total. The van der Waals surface area contributed by atoms with Gasteiger partial charge in [-0.2, -0.15) is 0 Å². The second-order valence-corrected chi connectivity index (χ2v) is 6.91. The van der Waals surface area contributed by atoms with Gasteiger partial charge in [0.2, 0.25) is 0 Å². The Morgan fingerprint density at radius 3 is 2.82 bits per heavy atom. The predicted octanol–water partition coefficient (Wildman–Crippen LogP) is 0.922. The van der Waals surface area contributed by atoms with Crippen molar-refractivity contribution in [3.8, 4) is 0 Å². The molecule has 22 heavy (non-hydrogen) atoms. The van der Waals surface area contributed by atoms with Crippen molar-refractivity contribution in [2.45, 2.75) is 13.3 Å². The molecule has 0 saturated carbocycles. The van der Waals surface area contributed by atoms with E-state index in [-0.39, 0.29) is 0 Å². The number of nitrogens with zero attached hydrogens (tertiary/aromatic N) is 5. The Bertz CT molecular complexity index is 480. The first-order chi connectivity index (χ1) is 10.8. The Morgan fingerprint density at radius 1 is 1.36 bits per heavy atom. The maximum absolute atomic E-state index is 6.19. The van der Waals surface area contributed by atoms with Gasteiger partial charge in [-0.05, 0) is 25.4 Å². The van der Waals surface area contributed by atoms with Gasteiger partial charge in [0, 0.05) is 50.8 Å². The van der Waals surface area contributed by atoms with Crippen LogP contribution >= 0.6 is 11.3 Å². The molecule has 122 valence electrons. The highest BCUT2D eigenvalue weighted by Gasteiger charge is 2.22. The summed E-state index contributed by atoms with van der Waals surface area (Å²) in [4.78, 5) is 16.0. The van der Waals surface area contributed by atoms with E-state index in [2.05, 4.69) is 31.6 Å². The molecule has 0 aromatic carbocycles. The van der Waals surface area contributed by atoms with Crippen LogP contribution in [0, 0.1) is 5.92 Å². The van der Waals surface area contributed by atoms with Gasteiger partial charge in [0.15, 0.2) is 11.1 Å². The third kappa shape index (κ3) is 3.70. The third-order valence-corrected chi connectivity index (χ3v) is 5.45. The molecule has 0 radical (unpaired) electrons. The van der Waals surface area contributed by atoms with Crippen LogP contribution in [0.5, 0.6) is 0 Å². The van der Waals surface area contributed by atoms with Gasteiger partial charge in [0.05, 0.1) is 0 Å². The Hall–Kier alpha value is -1.34. The van der Waals surface area contributed by atoms with Gasteiger partial charge < -0.3 is 20.4 Å². The number of rotatable bonds is 4. The molecule has 3 heterocycles. The van der Waals surface area contributed by atoms with E-state index in [1.807, 2.05) is 11.6 Å². The molecule has 1 unspecified atom stereocenters. The summed E-state index contributed by atoms with van der Waals surface area (Å²) in [7, 11) is 0. The number of nitrogens with two attached hydrogens (primary N) is 1. The standard InChI is InChI=1S/C15H26N6S/c1-2-19-5-3-13(12-19)11-18-14(16)20-6-8-21(9-7-20)15-17-4-10-22-15/h4,10,13H,2-3,5-9,11-12H2,1H3,(H2,16,18). The minimum absolute atomic E-state index is 0.676. The summed E-state index contributed by atoms with van der Waals surface area (Å²) in [6.45, 7) is 10.4. The van der Waals surface area contributed by atoms with Gasteiger partial charge in [-0.1, -0.05) is 6.92 Å². The number of likely N-dealkylation sites (tertiary alicyclic amines) is 1. The van der Waals surface area contributed by atoms with Gasteiger partial charge in [0.1, 0.15) is 0 Å². The van der Waals surface area contributed by atoms with Crippen LogP contribution in [-0.4, -0.2) is 73.1 Å². The van der Waals surface area contributed by atoms with E-state index in [4.69, 9.17) is 5.73 Å². The Labute approximate surface area is 136 Å². The topological polar surface area (TPSA) is 61.0 Å². The monoisotopic (exact) mass is 322 g/mol. The summed E-state index contributed by atoms with van der Waals surface area (Å²) in [5, 5.41) is 3.14. The number of hydrogen-bond donors (Lipinski definition) is 1. The summed E-state index contributed by atoms with van der Waals surface area (Å²) in [5.41, 5.74) is 6.19. The molecule has 7 heteroatoms. The normalized spacial score (nSPS) is 24.2. The zero-order valence-electron chi connectivity index (χ0n) is 13.3. The van der Waals surface area contributed by atoms with Crippen molar-refractivity contribution in [2.75, 3.05) is 57.3 Å². The number of thiazole rings is 1. The van der Waals surface area contributed by atoms with Crippen molar-refractivity contribution < 1.29 is 0 Å². The van der Waals surface area contributed by atoms with Gasteiger partial charge >= 0.3 is 0 Å². The van der Waals surface area contributed by atoms with E-state index < -0.39 is 0 Å². The summed E-state index contributed by atoms with van der Waals surface area (Å²) in [6.07, 6.45) is 3.12. The Morgan fingerprint density at radius 2 is 2.18 bits per heavy atom. The molecule has 0 aliphatic carbocycles. The van der Waals surface area contributed by atoms with Crippen molar-refractivity contribution in [3.63, 3.8) is 0 Å². The maximum Gasteiger partial charge on any atom is 0.191 e. The zero-order valence-corrected chi connectivity index (χ0v) is 14.1. The van der Waals surface area contributed by atoms with Crippen LogP contribution in [0.25, 0.3) is 0 Å². The number of guanidine groups is 1. The lowest BCUT2D eigenvalue weighted by Crippen LogP contribution is -2.51. The average Bonchev–Trinajstić information content (AvgIpc) is 3.24. The van der Waals surface area contributed by atoms with E-state index in [1.165, 1.54) is 19.5 Å². The molecule has 2 saturated heterocycles. The molecular formula is C15H26N6S. The summed E-state index contributed by atoms with van der Waals surface area (Å²) >= 11 is 1.70. The lowest BCUT2D eigenvalue weighted by Gasteiger charge is -2.35. The molecule has 1 atom stereocenters. The molecule has 2 N–H and O–H groups in total. The molecule has 2 aliphatic heterocycles. The minimum Gasteiger partial charge on any atom is -0.370 e. The molecule has 2 fully saturated rings. The fourth-order valence-electron chi connectivity index (χ4n) is 3.17. The first kappa shape index (κ1) is 15.6. The lowest BCUT2D eigenvalue weighted by atomic mass is 10.1. The number of hydrogen-bond acceptors (Lipinski definition) is 5. The number of aliphatic imine (C=N–C) groups is 1. The van der Waals surface area contributed by atoms with Crippen LogP contribution in [0.15, 0.2) is 16.6 Å². The summed E-state index contributed by atoms with van der Waals surface area (Å²) in [5.74, 6) is 1.39. The highest BCUT2D eigenvalue weighted by atomic mass is 32.1. The fourth-order valence-corrected chi connectivity index (χ4v) is 3.87. The van der Waals surface area contributed by atoms with Gasteiger partial charge in [-0.25, -0.2) is 4.98 Å². The molecule has 3 rings (SSSR count). The first-order valence-corrected chi connectivity index (χ1v) is 9.06. The second kappa shape index (κ2) is 7.28. The highest BCUT2D eigenvalue weighted by Crippen LogP contribution is 2.19.